The highest BCUT2D eigenvalue weighted by Crippen LogP contribution is 2.19. The van der Waals surface area contributed by atoms with Gasteiger partial charge in [0.15, 0.2) is 5.82 Å². The number of nitrogens with zero attached hydrogens (tertiary/aromatic N) is 3. The number of piperidine rings is 1. The summed E-state index contributed by atoms with van der Waals surface area (Å²) in [5.41, 5.74) is -0.0480. The standard InChI is InChI=1S/C14H26N4O/c1-14(2,3)13-16-12(19-17-13)10-18(4)9-11-6-5-7-15-8-11/h11,15H,5-10H2,1-4H3. The van der Waals surface area contributed by atoms with E-state index >= 15 is 0 Å². The number of hydrogen-bond donors (Lipinski definition) is 1. The van der Waals surface area contributed by atoms with E-state index in [-0.39, 0.29) is 5.41 Å². The third-order valence-electron chi connectivity index (χ3n) is 3.51. The number of hydrogen-bond acceptors (Lipinski definition) is 5. The van der Waals surface area contributed by atoms with Crippen LogP contribution in [0.25, 0.3) is 0 Å². The molecular weight excluding hydrogens is 240 g/mol. The van der Waals surface area contributed by atoms with Crippen molar-refractivity contribution in [2.75, 3.05) is 26.7 Å². The van der Waals surface area contributed by atoms with Crippen molar-refractivity contribution in [3.63, 3.8) is 0 Å². The van der Waals surface area contributed by atoms with Crippen LogP contribution in [-0.2, 0) is 12.0 Å². The number of rotatable bonds is 4. The van der Waals surface area contributed by atoms with Crippen molar-refractivity contribution in [2.24, 2.45) is 5.92 Å². The molecule has 1 aliphatic heterocycles. The maximum absolute atomic E-state index is 5.33. The summed E-state index contributed by atoms with van der Waals surface area (Å²) in [5.74, 6) is 2.25. The average molecular weight is 266 g/mol. The van der Waals surface area contributed by atoms with Crippen LogP contribution in [0.5, 0.6) is 0 Å². The van der Waals surface area contributed by atoms with Gasteiger partial charge in [0, 0.05) is 12.0 Å². The summed E-state index contributed by atoms with van der Waals surface area (Å²) in [6.07, 6.45) is 2.60. The van der Waals surface area contributed by atoms with Crippen molar-refractivity contribution in [2.45, 2.75) is 45.6 Å². The predicted octanol–water partition coefficient (Wildman–Crippen LogP) is 1.80. The van der Waals surface area contributed by atoms with Gasteiger partial charge in [-0.2, -0.15) is 4.98 Å². The fourth-order valence-corrected chi connectivity index (χ4v) is 2.44. The molecule has 0 aromatic carbocycles. The normalized spacial score (nSPS) is 21.0. The zero-order valence-electron chi connectivity index (χ0n) is 12.6. The highest BCUT2D eigenvalue weighted by atomic mass is 16.5. The highest BCUT2D eigenvalue weighted by Gasteiger charge is 2.22. The van der Waals surface area contributed by atoms with Crippen LogP contribution in [0.1, 0.15) is 45.3 Å². The summed E-state index contributed by atoms with van der Waals surface area (Å²) < 4.78 is 5.33. The summed E-state index contributed by atoms with van der Waals surface area (Å²) in [5, 5.41) is 7.51. The minimum Gasteiger partial charge on any atom is -0.338 e. The first kappa shape index (κ1) is 14.5. The molecule has 2 heterocycles. The van der Waals surface area contributed by atoms with E-state index < -0.39 is 0 Å². The largest absolute Gasteiger partial charge is 0.338 e. The SMILES string of the molecule is CN(Cc1nc(C(C)(C)C)no1)CC1CCCNC1. The molecule has 19 heavy (non-hydrogen) atoms. The molecule has 1 unspecified atom stereocenters. The van der Waals surface area contributed by atoms with Crippen LogP contribution in [0.3, 0.4) is 0 Å². The predicted molar refractivity (Wildman–Crippen MR) is 74.9 cm³/mol. The minimum atomic E-state index is -0.0480. The first-order valence-corrected chi connectivity index (χ1v) is 7.17. The van der Waals surface area contributed by atoms with Gasteiger partial charge in [-0.15, -0.1) is 0 Å². The van der Waals surface area contributed by atoms with Crippen LogP contribution in [0.15, 0.2) is 4.52 Å². The maximum atomic E-state index is 5.33. The lowest BCUT2D eigenvalue weighted by molar-refractivity contribution is 0.212. The average Bonchev–Trinajstić information content (AvgIpc) is 2.78. The zero-order valence-corrected chi connectivity index (χ0v) is 12.6. The van der Waals surface area contributed by atoms with Crippen LogP contribution in [0, 0.1) is 5.92 Å². The minimum absolute atomic E-state index is 0.0480. The van der Waals surface area contributed by atoms with Crippen LogP contribution in [-0.4, -0.2) is 41.7 Å². The molecule has 2 rings (SSSR count). The Morgan fingerprint density at radius 1 is 1.42 bits per heavy atom. The fourth-order valence-electron chi connectivity index (χ4n) is 2.44. The first-order chi connectivity index (χ1) is 8.95. The van der Waals surface area contributed by atoms with E-state index in [9.17, 15) is 0 Å². The smallest absolute Gasteiger partial charge is 0.240 e. The van der Waals surface area contributed by atoms with Gasteiger partial charge in [0.05, 0.1) is 6.54 Å². The molecule has 1 aromatic heterocycles. The van der Waals surface area contributed by atoms with Crippen LogP contribution < -0.4 is 5.32 Å². The molecule has 0 radical (unpaired) electrons. The molecule has 0 bridgehead atoms. The van der Waals surface area contributed by atoms with E-state index in [1.165, 1.54) is 19.4 Å². The molecular formula is C14H26N4O. The van der Waals surface area contributed by atoms with E-state index in [4.69, 9.17) is 4.52 Å². The Kier molecular flexibility index (Phi) is 4.58. The Balaban J connectivity index is 1.84. The third-order valence-corrected chi connectivity index (χ3v) is 3.51. The second-order valence-electron chi connectivity index (χ2n) is 6.67. The van der Waals surface area contributed by atoms with Crippen molar-refractivity contribution in [1.82, 2.24) is 20.4 Å². The van der Waals surface area contributed by atoms with Gasteiger partial charge in [-0.05, 0) is 38.9 Å². The van der Waals surface area contributed by atoms with Crippen LogP contribution in [0.2, 0.25) is 0 Å². The van der Waals surface area contributed by atoms with Crippen molar-refractivity contribution in [3.05, 3.63) is 11.7 Å². The molecule has 1 N–H and O–H groups in total. The quantitative estimate of drug-likeness (QED) is 0.900. The van der Waals surface area contributed by atoms with Gasteiger partial charge >= 0.3 is 0 Å². The molecule has 1 saturated heterocycles. The Bertz CT molecular complexity index is 390. The van der Waals surface area contributed by atoms with Gasteiger partial charge in [-0.3, -0.25) is 4.90 Å². The summed E-state index contributed by atoms with van der Waals surface area (Å²) in [4.78, 5) is 6.75. The van der Waals surface area contributed by atoms with Crippen molar-refractivity contribution in [1.29, 1.82) is 0 Å². The molecule has 5 nitrogen and oxygen atoms in total. The van der Waals surface area contributed by atoms with Gasteiger partial charge in [0.25, 0.3) is 0 Å². The zero-order chi connectivity index (χ0) is 13.9. The number of aromatic nitrogens is 2. The van der Waals surface area contributed by atoms with E-state index in [0.717, 1.165) is 37.3 Å². The lowest BCUT2D eigenvalue weighted by atomic mass is 9.96. The molecule has 0 spiro atoms. The van der Waals surface area contributed by atoms with Crippen LogP contribution >= 0.6 is 0 Å². The molecule has 5 heteroatoms. The lowest BCUT2D eigenvalue weighted by Crippen LogP contribution is -2.36. The first-order valence-electron chi connectivity index (χ1n) is 7.17. The highest BCUT2D eigenvalue weighted by molar-refractivity contribution is 4.99. The van der Waals surface area contributed by atoms with Crippen LogP contribution in [0.4, 0.5) is 0 Å². The third kappa shape index (κ3) is 4.28. The second kappa shape index (κ2) is 6.01. The van der Waals surface area contributed by atoms with E-state index in [1.807, 2.05) is 0 Å². The molecule has 0 amide bonds. The Morgan fingerprint density at radius 3 is 2.79 bits per heavy atom. The molecule has 1 aliphatic rings. The maximum Gasteiger partial charge on any atom is 0.240 e. The van der Waals surface area contributed by atoms with Gasteiger partial charge in [-0.1, -0.05) is 25.9 Å². The van der Waals surface area contributed by atoms with Crippen molar-refractivity contribution >= 4 is 0 Å². The monoisotopic (exact) mass is 266 g/mol. The van der Waals surface area contributed by atoms with Crippen molar-refractivity contribution in [3.8, 4) is 0 Å². The molecule has 0 saturated carbocycles. The molecule has 108 valence electrons. The molecule has 1 atom stereocenters. The van der Waals surface area contributed by atoms with Gasteiger partial charge in [0.1, 0.15) is 0 Å². The van der Waals surface area contributed by atoms with Gasteiger partial charge in [-0.25, -0.2) is 0 Å². The Hall–Kier alpha value is -0.940. The van der Waals surface area contributed by atoms with E-state index in [1.54, 1.807) is 0 Å². The van der Waals surface area contributed by atoms with Gasteiger partial charge < -0.3 is 9.84 Å². The van der Waals surface area contributed by atoms with E-state index in [2.05, 4.69) is 48.2 Å². The summed E-state index contributed by atoms with van der Waals surface area (Å²) >= 11 is 0. The fraction of sp³-hybridized carbons (Fsp3) is 0.857. The summed E-state index contributed by atoms with van der Waals surface area (Å²) in [6, 6.07) is 0. The van der Waals surface area contributed by atoms with E-state index in [0.29, 0.717) is 0 Å². The summed E-state index contributed by atoms with van der Waals surface area (Å²) in [7, 11) is 2.12. The Morgan fingerprint density at radius 2 is 2.21 bits per heavy atom. The molecule has 1 aromatic rings. The molecule has 1 fully saturated rings. The number of nitrogens with one attached hydrogen (secondary N) is 1. The van der Waals surface area contributed by atoms with Crippen molar-refractivity contribution < 1.29 is 4.52 Å². The summed E-state index contributed by atoms with van der Waals surface area (Å²) in [6.45, 7) is 10.4. The second-order valence-corrected chi connectivity index (χ2v) is 6.67. The lowest BCUT2D eigenvalue weighted by Gasteiger charge is -2.26. The topological polar surface area (TPSA) is 54.2 Å². The van der Waals surface area contributed by atoms with Gasteiger partial charge in [0.2, 0.25) is 5.89 Å². The molecule has 0 aliphatic carbocycles. The Labute approximate surface area is 115 Å².